The Balaban J connectivity index is 1.47. The fraction of sp³-hybridized carbons (Fsp3) is 0.333. The largest absolute Gasteiger partial charge is 0.495 e. The van der Waals surface area contributed by atoms with Crippen LogP contribution in [0.15, 0.2) is 59.7 Å². The number of imidazole rings is 1. The van der Waals surface area contributed by atoms with Crippen LogP contribution in [-0.4, -0.2) is 40.5 Å². The van der Waals surface area contributed by atoms with Crippen molar-refractivity contribution in [2.75, 3.05) is 20.3 Å². The van der Waals surface area contributed by atoms with Gasteiger partial charge in [-0.2, -0.15) is 0 Å². The predicted octanol–water partition coefficient (Wildman–Crippen LogP) is 5.59. The summed E-state index contributed by atoms with van der Waals surface area (Å²) in [7, 11) is 1.68. The minimum Gasteiger partial charge on any atom is -0.495 e. The van der Waals surface area contributed by atoms with Crippen molar-refractivity contribution in [1.29, 1.82) is 0 Å². The Bertz CT molecular complexity index is 1260. The van der Waals surface area contributed by atoms with E-state index in [4.69, 9.17) is 9.57 Å². The lowest BCUT2D eigenvalue weighted by Gasteiger charge is -2.36. The van der Waals surface area contributed by atoms with Crippen LogP contribution in [0.3, 0.4) is 0 Å². The molecule has 1 atom stereocenters. The SMILES string of the molecule is COc1cc(/C=C2\CCCN3C2=NOCC[C@H]3c2ccc(F)c(C)c2)ccc1-n1cnc(C)c1. The fourth-order valence-electron chi connectivity index (χ4n) is 4.79. The number of methoxy groups -OCH3 is 1. The maximum Gasteiger partial charge on any atom is 0.171 e. The first-order valence-electron chi connectivity index (χ1n) is 11.7. The molecular weight excluding hydrogens is 431 g/mol. The van der Waals surface area contributed by atoms with Crippen LogP contribution in [0.25, 0.3) is 11.8 Å². The molecule has 3 heterocycles. The molecule has 0 unspecified atom stereocenters. The first-order chi connectivity index (χ1) is 16.5. The predicted molar refractivity (Wildman–Crippen MR) is 131 cm³/mol. The molecule has 5 rings (SSSR count). The molecule has 0 spiro atoms. The zero-order valence-electron chi connectivity index (χ0n) is 19.8. The van der Waals surface area contributed by atoms with Crippen LogP contribution < -0.4 is 4.74 Å². The van der Waals surface area contributed by atoms with Gasteiger partial charge in [0.1, 0.15) is 18.2 Å². The topological polar surface area (TPSA) is 51.9 Å². The molecular formula is C27H29FN4O2. The molecule has 2 aliphatic heterocycles. The number of fused-ring (bicyclic) bond motifs is 1. The van der Waals surface area contributed by atoms with Gasteiger partial charge in [-0.25, -0.2) is 9.37 Å². The number of oxime groups is 1. The van der Waals surface area contributed by atoms with E-state index in [1.165, 1.54) is 0 Å². The van der Waals surface area contributed by atoms with Crippen molar-refractivity contribution in [3.8, 4) is 11.4 Å². The minimum atomic E-state index is -0.176. The summed E-state index contributed by atoms with van der Waals surface area (Å²) in [6, 6.07) is 11.7. The van der Waals surface area contributed by atoms with Gasteiger partial charge in [0, 0.05) is 19.2 Å². The number of amidine groups is 1. The Morgan fingerprint density at radius 1 is 1.18 bits per heavy atom. The Labute approximate surface area is 199 Å². The lowest BCUT2D eigenvalue weighted by atomic mass is 9.94. The average molecular weight is 461 g/mol. The van der Waals surface area contributed by atoms with E-state index in [-0.39, 0.29) is 11.9 Å². The van der Waals surface area contributed by atoms with Crippen molar-refractivity contribution in [2.24, 2.45) is 5.16 Å². The maximum absolute atomic E-state index is 13.9. The molecule has 176 valence electrons. The van der Waals surface area contributed by atoms with Crippen molar-refractivity contribution in [3.05, 3.63) is 82.7 Å². The molecule has 2 aliphatic rings. The van der Waals surface area contributed by atoms with Crippen LogP contribution in [0.5, 0.6) is 5.75 Å². The fourth-order valence-corrected chi connectivity index (χ4v) is 4.79. The van der Waals surface area contributed by atoms with Crippen molar-refractivity contribution in [3.63, 3.8) is 0 Å². The quantitative estimate of drug-likeness (QED) is 0.509. The third kappa shape index (κ3) is 4.30. The van der Waals surface area contributed by atoms with Crippen LogP contribution in [0.2, 0.25) is 0 Å². The number of rotatable bonds is 4. The highest BCUT2D eigenvalue weighted by molar-refractivity contribution is 6.02. The highest BCUT2D eigenvalue weighted by atomic mass is 19.1. The first kappa shape index (κ1) is 22.2. The number of hydrogen-bond donors (Lipinski definition) is 0. The van der Waals surface area contributed by atoms with E-state index in [1.54, 1.807) is 19.5 Å². The van der Waals surface area contributed by atoms with Gasteiger partial charge in [-0.05, 0) is 73.2 Å². The smallest absolute Gasteiger partial charge is 0.171 e. The van der Waals surface area contributed by atoms with E-state index in [2.05, 4.69) is 27.2 Å². The average Bonchev–Trinajstić information content (AvgIpc) is 3.15. The van der Waals surface area contributed by atoms with E-state index in [9.17, 15) is 4.39 Å². The van der Waals surface area contributed by atoms with Gasteiger partial charge in [-0.1, -0.05) is 23.4 Å². The Kier molecular flexibility index (Phi) is 6.09. The summed E-state index contributed by atoms with van der Waals surface area (Å²) < 4.78 is 21.5. The molecule has 0 amide bonds. The van der Waals surface area contributed by atoms with E-state index in [1.807, 2.05) is 48.9 Å². The third-order valence-corrected chi connectivity index (χ3v) is 6.52. The van der Waals surface area contributed by atoms with Crippen LogP contribution in [0.1, 0.15) is 47.7 Å². The molecule has 0 radical (unpaired) electrons. The van der Waals surface area contributed by atoms with Gasteiger partial charge in [0.15, 0.2) is 5.84 Å². The molecule has 1 fully saturated rings. The second kappa shape index (κ2) is 9.33. The standard InChI is InChI=1S/C27H29FN4O2/c1-18-13-21(7-8-23(18)28)24-10-12-34-30-27-22(5-4-11-32(24)27)14-20-6-9-25(26(15-20)33-3)31-16-19(2)29-17-31/h6-9,13-17,24H,4-5,10-12H2,1-3H3/b22-14+/t24-/m0/s1. The molecule has 0 N–H and O–H groups in total. The number of aromatic nitrogens is 2. The Morgan fingerprint density at radius 2 is 2.06 bits per heavy atom. The number of nitrogens with zero attached hydrogens (tertiary/aromatic N) is 4. The summed E-state index contributed by atoms with van der Waals surface area (Å²) in [5.41, 5.74) is 5.82. The van der Waals surface area contributed by atoms with Gasteiger partial charge >= 0.3 is 0 Å². The zero-order chi connectivity index (χ0) is 23.7. The van der Waals surface area contributed by atoms with Crippen molar-refractivity contribution in [2.45, 2.75) is 39.2 Å². The maximum atomic E-state index is 13.9. The molecule has 0 aliphatic carbocycles. The molecule has 3 aromatic rings. The van der Waals surface area contributed by atoms with Crippen molar-refractivity contribution < 1.29 is 14.0 Å². The second-order valence-electron chi connectivity index (χ2n) is 8.88. The Hall–Kier alpha value is -3.61. The molecule has 6 nitrogen and oxygen atoms in total. The first-order valence-corrected chi connectivity index (χ1v) is 11.7. The molecule has 34 heavy (non-hydrogen) atoms. The summed E-state index contributed by atoms with van der Waals surface area (Å²) in [6.07, 6.45) is 8.67. The molecule has 0 saturated carbocycles. The highest BCUT2D eigenvalue weighted by Gasteiger charge is 2.31. The highest BCUT2D eigenvalue weighted by Crippen LogP contribution is 2.35. The summed E-state index contributed by atoms with van der Waals surface area (Å²) in [5, 5.41) is 4.51. The van der Waals surface area contributed by atoms with E-state index < -0.39 is 0 Å². The Morgan fingerprint density at radius 3 is 2.82 bits per heavy atom. The summed E-state index contributed by atoms with van der Waals surface area (Å²) in [5.74, 6) is 1.46. The lowest BCUT2D eigenvalue weighted by molar-refractivity contribution is 0.140. The van der Waals surface area contributed by atoms with Crippen molar-refractivity contribution in [1.82, 2.24) is 14.5 Å². The second-order valence-corrected chi connectivity index (χ2v) is 8.88. The van der Waals surface area contributed by atoms with E-state index >= 15 is 0 Å². The van der Waals surface area contributed by atoms with Crippen LogP contribution >= 0.6 is 0 Å². The number of benzene rings is 2. The summed E-state index contributed by atoms with van der Waals surface area (Å²) in [6.45, 7) is 5.20. The summed E-state index contributed by atoms with van der Waals surface area (Å²) in [4.78, 5) is 12.3. The van der Waals surface area contributed by atoms with E-state index in [0.717, 1.165) is 65.5 Å². The van der Waals surface area contributed by atoms with Gasteiger partial charge in [0.25, 0.3) is 0 Å². The van der Waals surface area contributed by atoms with Crippen LogP contribution in [-0.2, 0) is 4.84 Å². The van der Waals surface area contributed by atoms with Gasteiger partial charge in [0.2, 0.25) is 0 Å². The number of hydrogen-bond acceptors (Lipinski definition) is 5. The van der Waals surface area contributed by atoms with E-state index in [0.29, 0.717) is 12.2 Å². The van der Waals surface area contributed by atoms with Gasteiger partial charge in [0.05, 0.1) is 30.9 Å². The molecule has 2 aromatic carbocycles. The van der Waals surface area contributed by atoms with Crippen LogP contribution in [0, 0.1) is 19.7 Å². The molecule has 1 aromatic heterocycles. The minimum absolute atomic E-state index is 0.102. The lowest BCUT2D eigenvalue weighted by Crippen LogP contribution is -2.39. The van der Waals surface area contributed by atoms with Gasteiger partial charge in [-0.3, -0.25) is 0 Å². The van der Waals surface area contributed by atoms with Gasteiger partial charge in [-0.15, -0.1) is 0 Å². The molecule has 1 saturated heterocycles. The summed E-state index contributed by atoms with van der Waals surface area (Å²) >= 11 is 0. The van der Waals surface area contributed by atoms with Gasteiger partial charge < -0.3 is 19.0 Å². The third-order valence-electron chi connectivity index (χ3n) is 6.52. The number of aryl methyl sites for hydroxylation is 2. The molecule has 7 heteroatoms. The van der Waals surface area contributed by atoms with Crippen molar-refractivity contribution >= 4 is 11.9 Å². The normalized spacial score (nSPS) is 19.3. The number of halogens is 1. The molecule has 0 bridgehead atoms. The number of ether oxygens (including phenoxy) is 1. The zero-order valence-corrected chi connectivity index (χ0v) is 19.8. The van der Waals surface area contributed by atoms with Crippen LogP contribution in [0.4, 0.5) is 4.39 Å². The number of piperidine rings is 1. The monoisotopic (exact) mass is 460 g/mol.